The highest BCUT2D eigenvalue weighted by Crippen LogP contribution is 2.05. The number of esters is 1. The second-order valence-corrected chi connectivity index (χ2v) is 4.83. The Labute approximate surface area is 89.2 Å². The fraction of sp³-hybridized carbons (Fsp3) is 0.900. The molecule has 0 aliphatic carbocycles. The van der Waals surface area contributed by atoms with Gasteiger partial charge in [0.2, 0.25) is 0 Å². The zero-order valence-electron chi connectivity index (χ0n) is 8.51. The van der Waals surface area contributed by atoms with Crippen LogP contribution in [-0.2, 0) is 9.53 Å². The van der Waals surface area contributed by atoms with Crippen molar-refractivity contribution in [1.82, 2.24) is 0 Å². The first-order chi connectivity index (χ1) is 6.16. The van der Waals surface area contributed by atoms with Gasteiger partial charge in [0, 0.05) is 4.83 Å². The maximum atomic E-state index is 11.0. The zero-order valence-corrected chi connectivity index (χ0v) is 10.1. The van der Waals surface area contributed by atoms with Crippen molar-refractivity contribution in [3.8, 4) is 0 Å². The Hall–Kier alpha value is -0.0500. The van der Waals surface area contributed by atoms with Crippen LogP contribution in [0.15, 0.2) is 0 Å². The van der Waals surface area contributed by atoms with Crippen LogP contribution in [0.4, 0.5) is 0 Å². The molecule has 13 heavy (non-hydrogen) atoms. The number of rotatable bonds is 7. The number of halogens is 1. The molecule has 0 aromatic rings. The highest BCUT2D eigenvalue weighted by molar-refractivity contribution is 9.09. The SMILES string of the molecule is CCCCCCOC(=O)CC(C)Br. The van der Waals surface area contributed by atoms with E-state index in [2.05, 4.69) is 22.9 Å². The molecule has 0 aromatic carbocycles. The van der Waals surface area contributed by atoms with Gasteiger partial charge < -0.3 is 4.74 Å². The minimum atomic E-state index is -0.0964. The lowest BCUT2D eigenvalue weighted by atomic mass is 10.2. The quantitative estimate of drug-likeness (QED) is 0.394. The van der Waals surface area contributed by atoms with Crippen molar-refractivity contribution in [2.75, 3.05) is 6.61 Å². The van der Waals surface area contributed by atoms with E-state index >= 15 is 0 Å². The van der Waals surface area contributed by atoms with Crippen LogP contribution in [-0.4, -0.2) is 17.4 Å². The lowest BCUT2D eigenvalue weighted by molar-refractivity contribution is -0.143. The standard InChI is InChI=1S/C10H19BrO2/c1-3-4-5-6-7-13-10(12)8-9(2)11/h9H,3-8H2,1-2H3. The van der Waals surface area contributed by atoms with Gasteiger partial charge >= 0.3 is 5.97 Å². The van der Waals surface area contributed by atoms with Gasteiger partial charge in [-0.1, -0.05) is 49.0 Å². The molecule has 0 N–H and O–H groups in total. The van der Waals surface area contributed by atoms with E-state index in [9.17, 15) is 4.79 Å². The van der Waals surface area contributed by atoms with E-state index in [1.807, 2.05) is 6.92 Å². The Morgan fingerprint density at radius 2 is 2.08 bits per heavy atom. The molecule has 0 amide bonds. The molecule has 78 valence electrons. The summed E-state index contributed by atoms with van der Waals surface area (Å²) in [7, 11) is 0. The second-order valence-electron chi connectivity index (χ2n) is 3.27. The smallest absolute Gasteiger partial charge is 0.306 e. The maximum absolute atomic E-state index is 11.0. The lowest BCUT2D eigenvalue weighted by Crippen LogP contribution is -2.09. The first kappa shape index (κ1) is 12.9. The first-order valence-electron chi connectivity index (χ1n) is 4.96. The molecule has 0 spiro atoms. The van der Waals surface area contributed by atoms with Crippen LogP contribution in [0.3, 0.4) is 0 Å². The number of carbonyl (C=O) groups is 1. The number of unbranched alkanes of at least 4 members (excludes halogenated alkanes) is 3. The van der Waals surface area contributed by atoms with Crippen molar-refractivity contribution in [1.29, 1.82) is 0 Å². The third-order valence-electron chi connectivity index (χ3n) is 1.71. The largest absolute Gasteiger partial charge is 0.466 e. The van der Waals surface area contributed by atoms with Crippen LogP contribution >= 0.6 is 15.9 Å². The fourth-order valence-corrected chi connectivity index (χ4v) is 1.27. The van der Waals surface area contributed by atoms with Gasteiger partial charge in [-0.2, -0.15) is 0 Å². The summed E-state index contributed by atoms with van der Waals surface area (Å²) in [6, 6.07) is 0. The molecular weight excluding hydrogens is 232 g/mol. The summed E-state index contributed by atoms with van der Waals surface area (Å²) in [5.41, 5.74) is 0. The zero-order chi connectivity index (χ0) is 10.1. The van der Waals surface area contributed by atoms with Crippen molar-refractivity contribution < 1.29 is 9.53 Å². The summed E-state index contributed by atoms with van der Waals surface area (Å²) in [5, 5.41) is 0. The monoisotopic (exact) mass is 250 g/mol. The summed E-state index contributed by atoms with van der Waals surface area (Å²) in [5.74, 6) is -0.0964. The molecule has 0 aliphatic rings. The van der Waals surface area contributed by atoms with E-state index in [-0.39, 0.29) is 10.8 Å². The van der Waals surface area contributed by atoms with Crippen LogP contribution in [0.2, 0.25) is 0 Å². The van der Waals surface area contributed by atoms with Gasteiger partial charge in [-0.15, -0.1) is 0 Å². The number of hydrogen-bond acceptors (Lipinski definition) is 2. The maximum Gasteiger partial charge on any atom is 0.306 e. The van der Waals surface area contributed by atoms with Crippen LogP contribution in [0.25, 0.3) is 0 Å². The van der Waals surface area contributed by atoms with Gasteiger partial charge in [-0.25, -0.2) is 0 Å². The third-order valence-corrected chi connectivity index (χ3v) is 2.03. The van der Waals surface area contributed by atoms with Gasteiger partial charge in [0.1, 0.15) is 0 Å². The minimum Gasteiger partial charge on any atom is -0.466 e. The third kappa shape index (κ3) is 9.87. The Morgan fingerprint density at radius 3 is 2.62 bits per heavy atom. The van der Waals surface area contributed by atoms with Gasteiger partial charge in [-0.05, 0) is 6.42 Å². The molecular formula is C10H19BrO2. The predicted molar refractivity (Wildman–Crippen MR) is 58.1 cm³/mol. The highest BCUT2D eigenvalue weighted by atomic mass is 79.9. The molecule has 3 heteroatoms. The van der Waals surface area contributed by atoms with Crippen LogP contribution in [0.1, 0.15) is 46.0 Å². The molecule has 0 heterocycles. The van der Waals surface area contributed by atoms with Crippen molar-refractivity contribution in [2.24, 2.45) is 0 Å². The Morgan fingerprint density at radius 1 is 1.38 bits per heavy atom. The van der Waals surface area contributed by atoms with E-state index in [1.165, 1.54) is 12.8 Å². The molecule has 0 aliphatic heterocycles. The molecule has 1 unspecified atom stereocenters. The summed E-state index contributed by atoms with van der Waals surface area (Å²) in [4.78, 5) is 11.3. The Bertz CT molecular complexity index is 135. The van der Waals surface area contributed by atoms with E-state index in [1.54, 1.807) is 0 Å². The molecule has 0 saturated heterocycles. The number of alkyl halides is 1. The van der Waals surface area contributed by atoms with Gasteiger partial charge in [0.15, 0.2) is 0 Å². The molecule has 1 atom stereocenters. The van der Waals surface area contributed by atoms with Crippen LogP contribution in [0, 0.1) is 0 Å². The summed E-state index contributed by atoms with van der Waals surface area (Å²) >= 11 is 3.31. The Kier molecular flexibility index (Phi) is 8.51. The fourth-order valence-electron chi connectivity index (χ4n) is 1.00. The molecule has 0 fully saturated rings. The van der Waals surface area contributed by atoms with E-state index in [0.29, 0.717) is 13.0 Å². The summed E-state index contributed by atoms with van der Waals surface area (Å²) in [6.07, 6.45) is 5.07. The molecule has 0 aromatic heterocycles. The Balaban J connectivity index is 3.17. The lowest BCUT2D eigenvalue weighted by Gasteiger charge is -2.05. The van der Waals surface area contributed by atoms with Crippen molar-refractivity contribution in [3.05, 3.63) is 0 Å². The van der Waals surface area contributed by atoms with Gasteiger partial charge in [0.25, 0.3) is 0 Å². The molecule has 0 radical (unpaired) electrons. The molecule has 0 saturated carbocycles. The van der Waals surface area contributed by atoms with E-state index in [4.69, 9.17) is 4.74 Å². The van der Waals surface area contributed by atoms with Crippen LogP contribution < -0.4 is 0 Å². The van der Waals surface area contributed by atoms with Crippen molar-refractivity contribution in [2.45, 2.75) is 50.8 Å². The highest BCUT2D eigenvalue weighted by Gasteiger charge is 2.05. The number of hydrogen-bond donors (Lipinski definition) is 0. The average molecular weight is 251 g/mol. The average Bonchev–Trinajstić information content (AvgIpc) is 2.02. The summed E-state index contributed by atoms with van der Waals surface area (Å²) in [6.45, 7) is 4.69. The van der Waals surface area contributed by atoms with E-state index in [0.717, 1.165) is 12.8 Å². The molecule has 0 rings (SSSR count). The minimum absolute atomic E-state index is 0.0964. The van der Waals surface area contributed by atoms with Gasteiger partial charge in [-0.3, -0.25) is 4.79 Å². The van der Waals surface area contributed by atoms with Gasteiger partial charge in [0.05, 0.1) is 13.0 Å². The summed E-state index contributed by atoms with van der Waals surface area (Å²) < 4.78 is 5.03. The van der Waals surface area contributed by atoms with E-state index < -0.39 is 0 Å². The normalized spacial score (nSPS) is 12.5. The topological polar surface area (TPSA) is 26.3 Å². The molecule has 0 bridgehead atoms. The number of carbonyl (C=O) groups excluding carboxylic acids is 1. The number of ether oxygens (including phenoxy) is 1. The van der Waals surface area contributed by atoms with Crippen molar-refractivity contribution >= 4 is 21.9 Å². The van der Waals surface area contributed by atoms with Crippen molar-refractivity contribution in [3.63, 3.8) is 0 Å². The molecule has 2 nitrogen and oxygen atoms in total. The predicted octanol–water partition coefficient (Wildman–Crippen LogP) is 3.28. The second kappa shape index (κ2) is 8.54. The van der Waals surface area contributed by atoms with Crippen LogP contribution in [0.5, 0.6) is 0 Å². The first-order valence-corrected chi connectivity index (χ1v) is 5.88.